The number of nitrogens with zero attached hydrogens (tertiary/aromatic N) is 2. The van der Waals surface area contributed by atoms with Crippen LogP contribution in [0.3, 0.4) is 0 Å². The van der Waals surface area contributed by atoms with E-state index in [4.69, 9.17) is 16.0 Å². The molecule has 0 aliphatic heterocycles. The fraction of sp³-hybridized carbons (Fsp3) is 0.133. The van der Waals surface area contributed by atoms with Crippen molar-refractivity contribution < 1.29 is 17.8 Å². The van der Waals surface area contributed by atoms with Gasteiger partial charge in [0.2, 0.25) is 0 Å². The van der Waals surface area contributed by atoms with Crippen LogP contribution < -0.4 is 10.5 Å². The topological polar surface area (TPSA) is 124 Å². The van der Waals surface area contributed by atoms with Gasteiger partial charge in [0, 0.05) is 25.2 Å². The molecule has 1 aromatic heterocycles. The Kier molecular flexibility index (Phi) is 4.24. The molecule has 0 unspecified atom stereocenters. The number of nitro benzene ring substituents is 1. The molecule has 0 saturated heterocycles. The van der Waals surface area contributed by atoms with E-state index in [1.807, 2.05) is 0 Å². The minimum absolute atomic E-state index is 0.0719. The standard InChI is InChI=1S/C15H12ClN3O6S/c1-8-5-9(19(21)22)3-4-11(8)17-26(23,24)14-7-13-12(6-10(14)16)18(2)15(20)25-13/h3-7,17H,1-2H3. The highest BCUT2D eigenvalue weighted by atomic mass is 35.5. The van der Waals surface area contributed by atoms with E-state index in [0.717, 1.165) is 6.07 Å². The highest BCUT2D eigenvalue weighted by Gasteiger charge is 2.22. The largest absolute Gasteiger partial charge is 0.419 e. The summed E-state index contributed by atoms with van der Waals surface area (Å²) < 4.78 is 33.9. The zero-order valence-electron chi connectivity index (χ0n) is 13.5. The predicted octanol–water partition coefficient (Wildman–Crippen LogP) is 2.80. The number of sulfonamides is 1. The maximum absolute atomic E-state index is 12.7. The number of benzene rings is 2. The number of hydrogen-bond donors (Lipinski definition) is 1. The Hall–Kier alpha value is -2.85. The molecule has 1 heterocycles. The summed E-state index contributed by atoms with van der Waals surface area (Å²) in [7, 11) is -2.65. The van der Waals surface area contributed by atoms with Gasteiger partial charge in [0.15, 0.2) is 5.58 Å². The Morgan fingerprint density at radius 2 is 1.96 bits per heavy atom. The number of hydrogen-bond acceptors (Lipinski definition) is 6. The Labute approximate surface area is 152 Å². The molecule has 0 radical (unpaired) electrons. The molecule has 0 amide bonds. The lowest BCUT2D eigenvalue weighted by atomic mass is 10.2. The van der Waals surface area contributed by atoms with E-state index in [9.17, 15) is 23.3 Å². The van der Waals surface area contributed by atoms with E-state index in [1.165, 1.54) is 42.8 Å². The van der Waals surface area contributed by atoms with Crippen LogP contribution in [0.1, 0.15) is 5.56 Å². The molecule has 0 fully saturated rings. The second-order valence-electron chi connectivity index (χ2n) is 5.54. The molecular weight excluding hydrogens is 386 g/mol. The highest BCUT2D eigenvalue weighted by molar-refractivity contribution is 7.92. The van der Waals surface area contributed by atoms with Gasteiger partial charge in [-0.15, -0.1) is 0 Å². The van der Waals surface area contributed by atoms with Crippen molar-refractivity contribution in [2.45, 2.75) is 11.8 Å². The summed E-state index contributed by atoms with van der Waals surface area (Å²) in [5, 5.41) is 10.7. The summed E-state index contributed by atoms with van der Waals surface area (Å²) in [5.41, 5.74) is 0.802. The minimum Gasteiger partial charge on any atom is -0.408 e. The van der Waals surface area contributed by atoms with E-state index < -0.39 is 20.7 Å². The number of nitrogens with one attached hydrogen (secondary N) is 1. The molecule has 136 valence electrons. The SMILES string of the molecule is Cc1cc([N+](=O)[O-])ccc1NS(=O)(=O)c1cc2oc(=O)n(C)c2cc1Cl. The van der Waals surface area contributed by atoms with Gasteiger partial charge in [0.1, 0.15) is 4.90 Å². The Balaban J connectivity index is 2.06. The number of aromatic nitrogens is 1. The maximum atomic E-state index is 12.7. The highest BCUT2D eigenvalue weighted by Crippen LogP contribution is 2.30. The quantitative estimate of drug-likeness (QED) is 0.533. The normalized spacial score (nSPS) is 11.7. The van der Waals surface area contributed by atoms with E-state index in [-0.39, 0.29) is 26.9 Å². The number of anilines is 1. The summed E-state index contributed by atoms with van der Waals surface area (Å²) in [4.78, 5) is 21.5. The second kappa shape index (κ2) is 6.15. The third-order valence-electron chi connectivity index (χ3n) is 3.80. The molecule has 0 aliphatic carbocycles. The lowest BCUT2D eigenvalue weighted by Crippen LogP contribution is -2.14. The van der Waals surface area contributed by atoms with E-state index in [0.29, 0.717) is 11.1 Å². The number of fused-ring (bicyclic) bond motifs is 1. The first-order chi connectivity index (χ1) is 12.1. The summed E-state index contributed by atoms with van der Waals surface area (Å²) in [5.74, 6) is -0.648. The molecule has 0 spiro atoms. The summed E-state index contributed by atoms with van der Waals surface area (Å²) in [6, 6.07) is 6.20. The van der Waals surface area contributed by atoms with Crippen LogP contribution >= 0.6 is 11.6 Å². The molecule has 0 saturated carbocycles. The first-order valence-corrected chi connectivity index (χ1v) is 9.03. The molecule has 26 heavy (non-hydrogen) atoms. The Morgan fingerprint density at radius 1 is 1.27 bits per heavy atom. The van der Waals surface area contributed by atoms with Gasteiger partial charge in [-0.2, -0.15) is 0 Å². The van der Waals surface area contributed by atoms with Gasteiger partial charge in [0.25, 0.3) is 15.7 Å². The third kappa shape index (κ3) is 3.04. The first kappa shape index (κ1) is 18.0. The zero-order chi connectivity index (χ0) is 19.2. The number of aryl methyl sites for hydroxylation is 2. The van der Waals surface area contributed by atoms with Gasteiger partial charge >= 0.3 is 5.76 Å². The number of oxazole rings is 1. The average molecular weight is 398 g/mol. The molecule has 9 nitrogen and oxygen atoms in total. The van der Waals surface area contributed by atoms with Gasteiger partial charge in [-0.05, 0) is 24.6 Å². The van der Waals surface area contributed by atoms with Crippen molar-refractivity contribution >= 4 is 44.1 Å². The molecule has 3 aromatic rings. The predicted molar refractivity (Wildman–Crippen MR) is 95.1 cm³/mol. The lowest BCUT2D eigenvalue weighted by Gasteiger charge is -2.11. The second-order valence-corrected chi connectivity index (χ2v) is 7.60. The van der Waals surface area contributed by atoms with E-state index in [2.05, 4.69) is 4.72 Å². The van der Waals surface area contributed by atoms with Crippen molar-refractivity contribution in [1.82, 2.24) is 4.57 Å². The number of nitro groups is 1. The van der Waals surface area contributed by atoms with Crippen molar-refractivity contribution in [3.63, 3.8) is 0 Å². The number of halogens is 1. The van der Waals surface area contributed by atoms with Crippen LogP contribution in [0.5, 0.6) is 0 Å². The van der Waals surface area contributed by atoms with Crippen molar-refractivity contribution in [2.75, 3.05) is 4.72 Å². The number of rotatable bonds is 4. The van der Waals surface area contributed by atoms with Crippen LogP contribution in [-0.4, -0.2) is 17.9 Å². The average Bonchev–Trinajstić information content (AvgIpc) is 2.83. The van der Waals surface area contributed by atoms with E-state index in [1.54, 1.807) is 0 Å². The zero-order valence-corrected chi connectivity index (χ0v) is 15.1. The van der Waals surface area contributed by atoms with Gasteiger partial charge in [0.05, 0.1) is 21.2 Å². The van der Waals surface area contributed by atoms with Crippen LogP contribution in [-0.2, 0) is 17.1 Å². The van der Waals surface area contributed by atoms with Crippen LogP contribution in [0.2, 0.25) is 5.02 Å². The fourth-order valence-electron chi connectivity index (χ4n) is 2.41. The van der Waals surface area contributed by atoms with Crippen LogP contribution in [0.15, 0.2) is 44.4 Å². The van der Waals surface area contributed by atoms with Crippen molar-refractivity contribution in [3.05, 3.63) is 61.6 Å². The molecule has 1 N–H and O–H groups in total. The van der Waals surface area contributed by atoms with Gasteiger partial charge in [-0.25, -0.2) is 13.2 Å². The minimum atomic E-state index is -4.12. The molecule has 11 heteroatoms. The van der Waals surface area contributed by atoms with Crippen LogP contribution in [0.25, 0.3) is 11.1 Å². The van der Waals surface area contributed by atoms with Crippen molar-refractivity contribution in [3.8, 4) is 0 Å². The monoisotopic (exact) mass is 397 g/mol. The van der Waals surface area contributed by atoms with E-state index >= 15 is 0 Å². The lowest BCUT2D eigenvalue weighted by molar-refractivity contribution is -0.384. The van der Waals surface area contributed by atoms with Gasteiger partial charge in [-0.3, -0.25) is 19.4 Å². The molecule has 0 atom stereocenters. The first-order valence-electron chi connectivity index (χ1n) is 7.17. The summed E-state index contributed by atoms with van der Waals surface area (Å²) in [6.45, 7) is 1.53. The number of non-ortho nitro benzene ring substituents is 1. The molecule has 0 bridgehead atoms. The Morgan fingerprint density at radius 3 is 2.58 bits per heavy atom. The smallest absolute Gasteiger partial charge is 0.408 e. The van der Waals surface area contributed by atoms with Crippen LogP contribution in [0, 0.1) is 17.0 Å². The molecule has 3 rings (SSSR count). The maximum Gasteiger partial charge on any atom is 0.419 e. The molecule has 0 aliphatic rings. The molecule has 2 aromatic carbocycles. The molecular formula is C15H12ClN3O6S. The van der Waals surface area contributed by atoms with Gasteiger partial charge in [-0.1, -0.05) is 11.6 Å². The fourth-order valence-corrected chi connectivity index (χ4v) is 4.08. The summed E-state index contributed by atoms with van der Waals surface area (Å²) >= 11 is 6.08. The Bertz CT molecular complexity index is 1210. The van der Waals surface area contributed by atoms with Crippen molar-refractivity contribution in [2.24, 2.45) is 7.05 Å². The van der Waals surface area contributed by atoms with Crippen LogP contribution in [0.4, 0.5) is 11.4 Å². The summed E-state index contributed by atoms with van der Waals surface area (Å²) in [6.07, 6.45) is 0. The van der Waals surface area contributed by atoms with Gasteiger partial charge < -0.3 is 4.42 Å². The third-order valence-corrected chi connectivity index (χ3v) is 5.63. The van der Waals surface area contributed by atoms with Crippen molar-refractivity contribution in [1.29, 1.82) is 0 Å².